The van der Waals surface area contributed by atoms with Gasteiger partial charge in [0.25, 0.3) is 5.91 Å². The topological polar surface area (TPSA) is 61.9 Å². The number of amides is 2. The van der Waals surface area contributed by atoms with E-state index < -0.39 is 0 Å². The van der Waals surface area contributed by atoms with E-state index in [0.717, 1.165) is 51.0 Å². The van der Waals surface area contributed by atoms with Crippen LogP contribution in [0.3, 0.4) is 0 Å². The number of rotatable bonds is 2. The van der Waals surface area contributed by atoms with Crippen LogP contribution in [0.5, 0.6) is 0 Å². The van der Waals surface area contributed by atoms with E-state index in [1.54, 1.807) is 0 Å². The van der Waals surface area contributed by atoms with Crippen LogP contribution in [-0.4, -0.2) is 72.6 Å². The van der Waals surface area contributed by atoms with Gasteiger partial charge in [0.1, 0.15) is 6.61 Å². The van der Waals surface area contributed by atoms with Crippen LogP contribution < -0.4 is 5.32 Å². The molecule has 6 heteroatoms. The van der Waals surface area contributed by atoms with Gasteiger partial charge >= 0.3 is 0 Å². The van der Waals surface area contributed by atoms with E-state index in [-0.39, 0.29) is 24.0 Å². The zero-order valence-corrected chi connectivity index (χ0v) is 14.4. The maximum Gasteiger partial charge on any atom is 0.253 e. The van der Waals surface area contributed by atoms with E-state index in [0.29, 0.717) is 12.6 Å². The highest BCUT2D eigenvalue weighted by Gasteiger charge is 2.44. The Morgan fingerprint density at radius 3 is 2.60 bits per heavy atom. The van der Waals surface area contributed by atoms with Crippen molar-refractivity contribution in [3.63, 3.8) is 0 Å². The number of benzene rings is 1. The Hall–Kier alpha value is -1.92. The average Bonchev–Trinajstić information content (AvgIpc) is 3.09. The Morgan fingerprint density at radius 1 is 1.16 bits per heavy atom. The molecular weight excluding hydrogens is 318 g/mol. The highest BCUT2D eigenvalue weighted by atomic mass is 16.5. The Kier molecular flexibility index (Phi) is 4.48. The first-order valence-electron chi connectivity index (χ1n) is 9.14. The van der Waals surface area contributed by atoms with E-state index >= 15 is 0 Å². The predicted octanol–water partition coefficient (Wildman–Crippen LogP) is 0.882. The quantitative estimate of drug-likeness (QED) is 0.866. The van der Waals surface area contributed by atoms with E-state index in [1.165, 1.54) is 0 Å². The van der Waals surface area contributed by atoms with Crippen molar-refractivity contribution < 1.29 is 14.3 Å². The predicted molar refractivity (Wildman–Crippen MR) is 93.3 cm³/mol. The molecule has 3 saturated heterocycles. The number of ether oxygens (including phenoxy) is 1. The number of piperidine rings is 1. The van der Waals surface area contributed by atoms with Crippen LogP contribution in [0, 0.1) is 0 Å². The van der Waals surface area contributed by atoms with Crippen LogP contribution in [-0.2, 0) is 9.53 Å². The summed E-state index contributed by atoms with van der Waals surface area (Å²) in [5.41, 5.74) is 0.567. The summed E-state index contributed by atoms with van der Waals surface area (Å²) in [4.78, 5) is 28.3. The number of likely N-dealkylation sites (tertiary alicyclic amines) is 2. The molecule has 4 rings (SSSR count). The Labute approximate surface area is 148 Å². The van der Waals surface area contributed by atoms with Crippen molar-refractivity contribution >= 4 is 11.8 Å². The molecule has 134 valence electrons. The standard InChI is InChI=1S/C19H25N3O3/c23-17-12-25-19(13-20-17)8-11-22(14-19)16-6-9-21(10-7-16)18(24)15-4-2-1-3-5-15/h1-5,16H,6-14H2,(H,20,23). The lowest BCUT2D eigenvalue weighted by Gasteiger charge is -2.38. The SMILES string of the molecule is O=C1COC2(CCN(C3CCN(C(=O)c4ccccc4)CC3)C2)CN1. The van der Waals surface area contributed by atoms with Crippen molar-refractivity contribution in [1.82, 2.24) is 15.1 Å². The molecular formula is C19H25N3O3. The van der Waals surface area contributed by atoms with Crippen LogP contribution in [0.4, 0.5) is 0 Å². The molecule has 0 saturated carbocycles. The molecule has 0 aromatic heterocycles. The third-order valence-electron chi connectivity index (χ3n) is 5.75. The van der Waals surface area contributed by atoms with E-state index in [4.69, 9.17) is 4.74 Å². The Morgan fingerprint density at radius 2 is 1.92 bits per heavy atom. The maximum absolute atomic E-state index is 12.6. The summed E-state index contributed by atoms with van der Waals surface area (Å²) in [5.74, 6) is 0.118. The number of morpholine rings is 1. The molecule has 1 unspecified atom stereocenters. The van der Waals surface area contributed by atoms with Gasteiger partial charge in [-0.1, -0.05) is 18.2 Å². The highest BCUT2D eigenvalue weighted by Crippen LogP contribution is 2.31. The highest BCUT2D eigenvalue weighted by molar-refractivity contribution is 5.94. The van der Waals surface area contributed by atoms with Gasteiger partial charge in [-0.05, 0) is 31.4 Å². The largest absolute Gasteiger partial charge is 0.362 e. The van der Waals surface area contributed by atoms with Gasteiger partial charge in [0.15, 0.2) is 0 Å². The fraction of sp³-hybridized carbons (Fsp3) is 0.579. The molecule has 0 radical (unpaired) electrons. The zero-order valence-electron chi connectivity index (χ0n) is 14.4. The van der Waals surface area contributed by atoms with Crippen LogP contribution in [0.1, 0.15) is 29.6 Å². The monoisotopic (exact) mass is 343 g/mol. The first-order chi connectivity index (χ1) is 12.2. The number of hydrogen-bond acceptors (Lipinski definition) is 4. The van der Waals surface area contributed by atoms with Gasteiger partial charge in [-0.25, -0.2) is 0 Å². The summed E-state index contributed by atoms with van der Waals surface area (Å²) < 4.78 is 5.86. The third kappa shape index (κ3) is 3.41. The van der Waals surface area contributed by atoms with Crippen LogP contribution in [0.15, 0.2) is 30.3 Å². The molecule has 1 aromatic rings. The van der Waals surface area contributed by atoms with Crippen molar-refractivity contribution in [3.8, 4) is 0 Å². The minimum Gasteiger partial charge on any atom is -0.362 e. The summed E-state index contributed by atoms with van der Waals surface area (Å²) in [6.45, 7) is 4.29. The molecule has 0 bridgehead atoms. The van der Waals surface area contributed by atoms with Gasteiger partial charge < -0.3 is 15.0 Å². The number of nitrogens with one attached hydrogen (secondary N) is 1. The molecule has 1 atom stereocenters. The number of hydrogen-bond donors (Lipinski definition) is 1. The number of carbonyl (C=O) groups is 2. The second-order valence-electron chi connectivity index (χ2n) is 7.36. The molecule has 25 heavy (non-hydrogen) atoms. The van der Waals surface area contributed by atoms with Crippen LogP contribution >= 0.6 is 0 Å². The second-order valence-corrected chi connectivity index (χ2v) is 7.36. The molecule has 3 heterocycles. The summed E-state index contributed by atoms with van der Waals surface area (Å²) in [6, 6.07) is 10.0. The molecule has 6 nitrogen and oxygen atoms in total. The average molecular weight is 343 g/mol. The van der Waals surface area contributed by atoms with E-state index in [2.05, 4.69) is 10.2 Å². The summed E-state index contributed by atoms with van der Waals surface area (Å²) in [7, 11) is 0. The molecule has 0 aliphatic carbocycles. The van der Waals surface area contributed by atoms with E-state index in [1.807, 2.05) is 35.2 Å². The Balaban J connectivity index is 1.31. The van der Waals surface area contributed by atoms with Crippen molar-refractivity contribution in [1.29, 1.82) is 0 Å². The summed E-state index contributed by atoms with van der Waals surface area (Å²) in [5, 5.41) is 2.93. The smallest absolute Gasteiger partial charge is 0.253 e. The lowest BCUT2D eigenvalue weighted by Crippen LogP contribution is -2.55. The molecule has 1 spiro atoms. The lowest BCUT2D eigenvalue weighted by atomic mass is 10.0. The second kappa shape index (κ2) is 6.77. The van der Waals surface area contributed by atoms with Gasteiger partial charge in [-0.3, -0.25) is 14.5 Å². The van der Waals surface area contributed by atoms with Crippen molar-refractivity contribution in [2.24, 2.45) is 0 Å². The maximum atomic E-state index is 12.6. The Bertz CT molecular complexity index is 631. The van der Waals surface area contributed by atoms with Crippen LogP contribution in [0.25, 0.3) is 0 Å². The first kappa shape index (κ1) is 16.5. The van der Waals surface area contributed by atoms with Gasteiger partial charge in [-0.2, -0.15) is 0 Å². The van der Waals surface area contributed by atoms with Crippen molar-refractivity contribution in [2.45, 2.75) is 30.9 Å². The fourth-order valence-electron chi connectivity index (χ4n) is 4.23. The zero-order chi connectivity index (χ0) is 17.3. The molecule has 3 fully saturated rings. The van der Waals surface area contributed by atoms with Crippen LogP contribution in [0.2, 0.25) is 0 Å². The van der Waals surface area contributed by atoms with Gasteiger partial charge in [0.2, 0.25) is 5.91 Å². The van der Waals surface area contributed by atoms with E-state index in [9.17, 15) is 9.59 Å². The molecule has 1 N–H and O–H groups in total. The normalized spacial score (nSPS) is 28.3. The lowest BCUT2D eigenvalue weighted by molar-refractivity contribution is -0.142. The van der Waals surface area contributed by atoms with Crippen molar-refractivity contribution in [3.05, 3.63) is 35.9 Å². The van der Waals surface area contributed by atoms with Gasteiger partial charge in [0.05, 0.1) is 5.60 Å². The number of carbonyl (C=O) groups excluding carboxylic acids is 2. The van der Waals surface area contributed by atoms with Gasteiger partial charge in [0, 0.05) is 44.3 Å². The van der Waals surface area contributed by atoms with Crippen molar-refractivity contribution in [2.75, 3.05) is 39.3 Å². The number of nitrogens with zero attached hydrogens (tertiary/aromatic N) is 2. The fourth-order valence-corrected chi connectivity index (χ4v) is 4.23. The minimum atomic E-state index is -0.203. The molecule has 3 aliphatic rings. The first-order valence-corrected chi connectivity index (χ1v) is 9.14. The summed E-state index contributed by atoms with van der Waals surface area (Å²) >= 11 is 0. The van der Waals surface area contributed by atoms with Gasteiger partial charge in [-0.15, -0.1) is 0 Å². The molecule has 2 amide bonds. The molecule has 1 aromatic carbocycles. The third-order valence-corrected chi connectivity index (χ3v) is 5.75. The minimum absolute atomic E-state index is 0.0168. The summed E-state index contributed by atoms with van der Waals surface area (Å²) in [6.07, 6.45) is 2.97. The molecule has 3 aliphatic heterocycles.